The number of hydrogen-bond donors (Lipinski definition) is 0. The van der Waals surface area contributed by atoms with Crippen molar-refractivity contribution < 1.29 is 55.2 Å². The standard InChI is InChI=1S/C17H17O8.C5H5.Fe/c1-3-14(18)22-8-10-24-16(20)12-6-5-7-13(12)17(21)25-11-9-23-15(19)4-2;1-2-4-5-3-1;/h3-7H,1-2,8-11H2;1-5H;/q-1;-5;. The maximum atomic E-state index is 11.9. The van der Waals surface area contributed by atoms with Crippen LogP contribution >= 0.6 is 0 Å². The molecule has 31 heavy (non-hydrogen) atoms. The van der Waals surface area contributed by atoms with Gasteiger partial charge in [0.2, 0.25) is 5.97 Å². The average Bonchev–Trinajstić information content (AvgIpc) is 3.48. The van der Waals surface area contributed by atoms with Crippen LogP contribution in [0.15, 0.2) is 73.8 Å². The molecule has 2 aromatic carbocycles. The molecule has 0 spiro atoms. The second-order valence-corrected chi connectivity index (χ2v) is 5.33. The zero-order valence-corrected chi connectivity index (χ0v) is 17.7. The predicted molar refractivity (Wildman–Crippen MR) is 107 cm³/mol. The third kappa shape index (κ3) is 11.4. The molecule has 9 heteroatoms. The number of ether oxygens (including phenoxy) is 4. The summed E-state index contributed by atoms with van der Waals surface area (Å²) in [7, 11) is 0. The second-order valence-electron chi connectivity index (χ2n) is 5.33. The molecule has 0 amide bonds. The zero-order valence-electron chi connectivity index (χ0n) is 16.6. The molecule has 0 unspecified atom stereocenters. The summed E-state index contributed by atoms with van der Waals surface area (Å²) in [6.07, 6.45) is 1.97. The third-order valence-corrected chi connectivity index (χ3v) is 3.27. The van der Waals surface area contributed by atoms with Crippen molar-refractivity contribution in [1.29, 1.82) is 0 Å². The van der Waals surface area contributed by atoms with Crippen molar-refractivity contribution >= 4 is 23.9 Å². The molecule has 0 fully saturated rings. The molecule has 0 heterocycles. The van der Waals surface area contributed by atoms with Gasteiger partial charge in [0.25, 0.3) is 5.97 Å². The van der Waals surface area contributed by atoms with Gasteiger partial charge in [0.05, 0.1) is 0 Å². The second kappa shape index (κ2) is 16.4. The first-order chi connectivity index (χ1) is 14.5. The summed E-state index contributed by atoms with van der Waals surface area (Å²) in [5.74, 6) is -2.79. The first-order valence-corrected chi connectivity index (χ1v) is 8.84. The van der Waals surface area contributed by atoms with Gasteiger partial charge in [-0.3, -0.25) is 4.79 Å². The summed E-state index contributed by atoms with van der Waals surface area (Å²) in [5, 5.41) is 0. The van der Waals surface area contributed by atoms with Crippen LogP contribution in [0, 0.1) is 0 Å². The molecule has 0 saturated carbocycles. The Kier molecular flexibility index (Phi) is 14.6. The van der Waals surface area contributed by atoms with Gasteiger partial charge in [-0.15, -0.1) is 6.07 Å². The maximum Gasteiger partial charge on any atom is 0.330 e. The van der Waals surface area contributed by atoms with Gasteiger partial charge in [-0.2, -0.15) is 12.1 Å². The van der Waals surface area contributed by atoms with Gasteiger partial charge >= 0.3 is 11.9 Å². The van der Waals surface area contributed by atoms with Crippen LogP contribution in [0.25, 0.3) is 0 Å². The maximum absolute atomic E-state index is 11.9. The monoisotopic (exact) mass is 470 g/mol. The quantitative estimate of drug-likeness (QED) is 0.130. The topological polar surface area (TPSA) is 105 Å². The Labute approximate surface area is 190 Å². The summed E-state index contributed by atoms with van der Waals surface area (Å²) < 4.78 is 19.1. The molecule has 8 nitrogen and oxygen atoms in total. The molecule has 0 bridgehead atoms. The summed E-state index contributed by atoms with van der Waals surface area (Å²) >= 11 is 0. The van der Waals surface area contributed by atoms with Gasteiger partial charge in [0, 0.05) is 29.2 Å². The molecule has 0 aliphatic carbocycles. The Morgan fingerprint density at radius 1 is 0.806 bits per heavy atom. The van der Waals surface area contributed by atoms with E-state index in [1.807, 2.05) is 30.3 Å². The first kappa shape index (κ1) is 27.6. The third-order valence-electron chi connectivity index (χ3n) is 3.27. The van der Waals surface area contributed by atoms with E-state index < -0.39 is 23.9 Å². The molecule has 0 aliphatic rings. The summed E-state index contributed by atoms with van der Waals surface area (Å²) in [4.78, 5) is 45.5. The minimum Gasteiger partial charge on any atom is -0.748 e. The first-order valence-electron chi connectivity index (χ1n) is 8.84. The van der Waals surface area contributed by atoms with Crippen LogP contribution in [0.4, 0.5) is 0 Å². The van der Waals surface area contributed by atoms with E-state index in [0.717, 1.165) is 12.2 Å². The Morgan fingerprint density at radius 3 is 1.74 bits per heavy atom. The number of rotatable bonds is 10. The van der Waals surface area contributed by atoms with Crippen molar-refractivity contribution in [2.45, 2.75) is 0 Å². The van der Waals surface area contributed by atoms with Crippen LogP contribution in [0.2, 0.25) is 0 Å². The van der Waals surface area contributed by atoms with Crippen LogP contribution in [-0.4, -0.2) is 50.3 Å². The molecule has 0 radical (unpaired) electrons. The van der Waals surface area contributed by atoms with E-state index in [4.69, 9.17) is 9.47 Å². The Bertz CT molecular complexity index is 764. The van der Waals surface area contributed by atoms with Crippen molar-refractivity contribution in [3.8, 4) is 0 Å². The molecular weight excluding hydrogens is 448 g/mol. The molecule has 0 N–H and O–H groups in total. The molecule has 2 aromatic rings. The van der Waals surface area contributed by atoms with E-state index in [9.17, 15) is 19.2 Å². The van der Waals surface area contributed by atoms with Gasteiger partial charge in [0.15, 0.2) is 0 Å². The molecule has 2 rings (SSSR count). The fourth-order valence-electron chi connectivity index (χ4n) is 1.92. The molecule has 0 aromatic heterocycles. The average molecular weight is 470 g/mol. The Balaban J connectivity index is 0.00000131. The predicted octanol–water partition coefficient (Wildman–Crippen LogP) is 2.58. The van der Waals surface area contributed by atoms with E-state index in [-0.39, 0.29) is 54.6 Å². The molecule has 0 aliphatic heterocycles. The normalized spacial score (nSPS) is 9.03. The zero-order chi connectivity index (χ0) is 22.2. The number of esters is 4. The van der Waals surface area contributed by atoms with E-state index in [1.54, 1.807) is 0 Å². The van der Waals surface area contributed by atoms with Crippen molar-refractivity contribution in [3.05, 3.63) is 85.0 Å². The van der Waals surface area contributed by atoms with Crippen LogP contribution in [0.3, 0.4) is 0 Å². The van der Waals surface area contributed by atoms with Crippen LogP contribution in [0.1, 0.15) is 20.7 Å². The minimum absolute atomic E-state index is 0. The van der Waals surface area contributed by atoms with Crippen LogP contribution in [0.5, 0.6) is 0 Å². The van der Waals surface area contributed by atoms with Gasteiger partial charge in [-0.1, -0.05) is 18.7 Å². The fourth-order valence-corrected chi connectivity index (χ4v) is 1.92. The van der Waals surface area contributed by atoms with Gasteiger partial charge < -0.3 is 54.1 Å². The van der Waals surface area contributed by atoms with E-state index >= 15 is 0 Å². The summed E-state index contributed by atoms with van der Waals surface area (Å²) in [6, 6.07) is 14.3. The van der Waals surface area contributed by atoms with E-state index in [1.165, 1.54) is 18.2 Å². The molecule has 0 saturated heterocycles. The fraction of sp³-hybridized carbons (Fsp3) is 0.182. The number of carbonyl (C=O) groups is 4. The molecular formula is C22H22FeO8-6. The Morgan fingerprint density at radius 2 is 1.26 bits per heavy atom. The van der Waals surface area contributed by atoms with Gasteiger partial charge in [-0.05, 0) is 5.56 Å². The molecule has 0 atom stereocenters. The van der Waals surface area contributed by atoms with Crippen molar-refractivity contribution in [1.82, 2.24) is 0 Å². The Hall–Kier alpha value is -3.42. The summed E-state index contributed by atoms with van der Waals surface area (Å²) in [6.45, 7) is 5.84. The van der Waals surface area contributed by atoms with E-state index in [2.05, 4.69) is 22.6 Å². The van der Waals surface area contributed by atoms with Crippen LogP contribution < -0.4 is 0 Å². The van der Waals surface area contributed by atoms with Gasteiger partial charge in [0.1, 0.15) is 26.4 Å². The minimum atomic E-state index is -0.760. The van der Waals surface area contributed by atoms with Crippen molar-refractivity contribution in [2.24, 2.45) is 0 Å². The smallest absolute Gasteiger partial charge is 0.330 e. The molecule has 172 valence electrons. The van der Waals surface area contributed by atoms with Crippen molar-refractivity contribution in [3.63, 3.8) is 0 Å². The SMILES string of the molecule is C=CC(=O)OCCOC(=O)c1ccc[c-]1C(=O)OCCOC(=O)C=C.[Fe].[cH-]1[cH-][cH-][cH-][cH-]1. The number of hydrogen-bond acceptors (Lipinski definition) is 8. The van der Waals surface area contributed by atoms with E-state index in [0.29, 0.717) is 0 Å². The van der Waals surface area contributed by atoms with Crippen LogP contribution in [-0.2, 0) is 45.6 Å². The van der Waals surface area contributed by atoms with Crippen molar-refractivity contribution in [2.75, 3.05) is 26.4 Å². The van der Waals surface area contributed by atoms with Gasteiger partial charge in [-0.25, -0.2) is 9.59 Å². The largest absolute Gasteiger partial charge is 0.748 e. The number of carbonyl (C=O) groups excluding carboxylic acids is 4. The summed E-state index contributed by atoms with van der Waals surface area (Å²) in [5.41, 5.74) is 0.0336.